The normalized spacial score (nSPS) is 13.6. The van der Waals surface area contributed by atoms with Crippen molar-refractivity contribution in [3.63, 3.8) is 0 Å². The minimum Gasteiger partial charge on any atom is -0.456 e. The molecule has 0 N–H and O–H groups in total. The lowest BCUT2D eigenvalue weighted by atomic mass is 10.2. The predicted molar refractivity (Wildman–Crippen MR) is 123 cm³/mol. The van der Waals surface area contributed by atoms with Crippen LogP contribution in [0, 0.1) is 28.5 Å². The van der Waals surface area contributed by atoms with Crippen molar-refractivity contribution in [2.24, 2.45) is 4.36 Å². The maximum atomic E-state index is 13.7. The topological polar surface area (TPSA) is 133 Å². The smallest absolute Gasteiger partial charge is 0.417 e. The number of sulfone groups is 1. The molecule has 0 saturated carbocycles. The molecule has 0 bridgehead atoms. The molecule has 14 heteroatoms. The molecule has 0 fully saturated rings. The summed E-state index contributed by atoms with van der Waals surface area (Å²) < 4.78 is 99.3. The first kappa shape index (κ1) is 27.3. The molecule has 0 unspecified atom stereocenters. The molecule has 37 heavy (non-hydrogen) atoms. The highest BCUT2D eigenvalue weighted by atomic mass is 32.2. The van der Waals surface area contributed by atoms with Gasteiger partial charge in [0.1, 0.15) is 35.0 Å². The van der Waals surface area contributed by atoms with Gasteiger partial charge in [0.25, 0.3) is 0 Å². The van der Waals surface area contributed by atoms with Crippen molar-refractivity contribution in [2.45, 2.75) is 16.1 Å². The van der Waals surface area contributed by atoms with Gasteiger partial charge in [0.05, 0.1) is 21.5 Å². The molecule has 3 aromatic rings. The van der Waals surface area contributed by atoms with Crippen LogP contribution in [0.2, 0.25) is 0 Å². The molecule has 0 spiro atoms. The summed E-state index contributed by atoms with van der Waals surface area (Å²) in [6, 6.07) is 13.4. The van der Waals surface area contributed by atoms with Crippen LogP contribution in [0.5, 0.6) is 11.5 Å². The first-order chi connectivity index (χ1) is 17.3. The van der Waals surface area contributed by atoms with E-state index in [9.17, 15) is 35.5 Å². The van der Waals surface area contributed by atoms with E-state index in [1.165, 1.54) is 42.5 Å². The molecule has 0 aliphatic carbocycles. The summed E-state index contributed by atoms with van der Waals surface area (Å²) in [5, 5.41) is 17.6. The summed E-state index contributed by atoms with van der Waals surface area (Å²) in [5.74, 6) is -0.639. The van der Waals surface area contributed by atoms with Crippen LogP contribution in [-0.2, 0) is 25.7 Å². The Morgan fingerprint density at radius 1 is 1.05 bits per heavy atom. The lowest BCUT2D eigenvalue weighted by Gasteiger charge is -2.09. The van der Waals surface area contributed by atoms with Crippen LogP contribution >= 0.6 is 0 Å². The minimum absolute atomic E-state index is 0.0409. The van der Waals surface area contributed by atoms with E-state index in [2.05, 4.69) is 9.35 Å². The summed E-state index contributed by atoms with van der Waals surface area (Å²) >= 11 is 0. The lowest BCUT2D eigenvalue weighted by Crippen LogP contribution is -2.09. The number of nitriles is 2. The maximum Gasteiger partial charge on any atom is 0.417 e. The third-order valence-corrected chi connectivity index (χ3v) is 7.91. The van der Waals surface area contributed by atoms with Crippen LogP contribution in [0.3, 0.4) is 0 Å². The number of allylic oxidation sites excluding steroid dienone is 1. The fourth-order valence-electron chi connectivity index (χ4n) is 2.77. The number of hydrogen-bond acceptors (Lipinski definition) is 8. The van der Waals surface area contributed by atoms with Gasteiger partial charge in [-0.2, -0.15) is 23.7 Å². The van der Waals surface area contributed by atoms with E-state index in [0.717, 1.165) is 12.3 Å². The van der Waals surface area contributed by atoms with E-state index >= 15 is 0 Å². The molecule has 1 aromatic heterocycles. The number of halogens is 4. The van der Waals surface area contributed by atoms with Gasteiger partial charge in [0.15, 0.2) is 9.93 Å². The Morgan fingerprint density at radius 2 is 1.73 bits per heavy atom. The van der Waals surface area contributed by atoms with Crippen molar-refractivity contribution in [1.29, 1.82) is 10.5 Å². The quantitative estimate of drug-likeness (QED) is 0.304. The molecule has 0 amide bonds. The van der Waals surface area contributed by atoms with Crippen LogP contribution in [0.15, 0.2) is 86.2 Å². The molecule has 0 saturated heterocycles. The van der Waals surface area contributed by atoms with Crippen LogP contribution in [0.4, 0.5) is 17.6 Å². The van der Waals surface area contributed by atoms with Crippen molar-refractivity contribution in [3.8, 4) is 23.6 Å². The molecule has 3 rings (SSSR count). The second-order valence-corrected chi connectivity index (χ2v) is 11.3. The number of rotatable bonds is 6. The van der Waals surface area contributed by atoms with Crippen molar-refractivity contribution in [2.75, 3.05) is 6.26 Å². The van der Waals surface area contributed by atoms with Crippen LogP contribution < -0.4 is 4.74 Å². The molecule has 2 aromatic carbocycles. The molecular formula is C23H14F4N4O4S2. The van der Waals surface area contributed by atoms with Crippen molar-refractivity contribution in [1.82, 2.24) is 4.98 Å². The Labute approximate surface area is 209 Å². The maximum absolute atomic E-state index is 13.7. The number of ether oxygens (including phenoxy) is 1. The number of nitrogens with zero attached hydrogens (tertiary/aromatic N) is 4. The van der Waals surface area contributed by atoms with Crippen LogP contribution in [-0.4, -0.2) is 23.9 Å². The third-order valence-electron chi connectivity index (χ3n) is 4.69. The zero-order chi connectivity index (χ0) is 27.4. The van der Waals surface area contributed by atoms with Gasteiger partial charge >= 0.3 is 6.18 Å². The van der Waals surface area contributed by atoms with Crippen LogP contribution in [0.25, 0.3) is 0 Å². The zero-order valence-corrected chi connectivity index (χ0v) is 20.2. The van der Waals surface area contributed by atoms with E-state index in [4.69, 9.17) is 10.00 Å². The Hall–Kier alpha value is -4.27. The summed E-state index contributed by atoms with van der Waals surface area (Å²) in [7, 11) is -7.94. The van der Waals surface area contributed by atoms with E-state index in [0.29, 0.717) is 24.5 Å². The number of benzene rings is 2. The Bertz CT molecular complexity index is 1680. The Kier molecular flexibility index (Phi) is 7.66. The van der Waals surface area contributed by atoms with Crippen molar-refractivity contribution in [3.05, 3.63) is 88.8 Å². The summed E-state index contributed by atoms with van der Waals surface area (Å²) in [5.41, 5.74) is -1.48. The van der Waals surface area contributed by atoms with E-state index in [1.807, 2.05) is 0 Å². The Balaban J connectivity index is 1.89. The highest BCUT2D eigenvalue weighted by Gasteiger charge is 2.32. The lowest BCUT2D eigenvalue weighted by molar-refractivity contribution is -0.137. The second-order valence-electron chi connectivity index (χ2n) is 7.20. The third kappa shape index (κ3) is 6.11. The van der Waals surface area contributed by atoms with E-state index in [1.54, 1.807) is 6.07 Å². The summed E-state index contributed by atoms with van der Waals surface area (Å²) in [6.07, 6.45) is -2.71. The number of aromatic nitrogens is 1. The molecule has 8 nitrogen and oxygen atoms in total. The highest BCUT2D eigenvalue weighted by Crippen LogP contribution is 2.30. The first-order valence-electron chi connectivity index (χ1n) is 9.86. The van der Waals surface area contributed by atoms with Gasteiger partial charge in [-0.3, -0.25) is 0 Å². The molecule has 0 aliphatic heterocycles. The van der Waals surface area contributed by atoms with Gasteiger partial charge in [-0.15, -0.1) is 0 Å². The van der Waals surface area contributed by atoms with Gasteiger partial charge in [-0.25, -0.2) is 26.4 Å². The molecule has 0 aliphatic rings. The van der Waals surface area contributed by atoms with E-state index in [-0.39, 0.29) is 22.0 Å². The molecular weight excluding hydrogens is 536 g/mol. The fraction of sp³-hybridized carbons (Fsp3) is 0.0870. The number of pyridine rings is 1. The van der Waals surface area contributed by atoms with Gasteiger partial charge in [0.2, 0.25) is 9.84 Å². The standard InChI is InChI=1S/C23H14F4N4O4S2/c1-36(32,17-8-6-16(7-9-17)35-21-4-2-3-20(24)19(21)12-29)31-14-18(11-28)37(33,34)22-10-5-15(13-30-22)23(25,26)27/h2-10,13-14H,1H3/b18-14+/t36-/m1/s1. The largest absolute Gasteiger partial charge is 0.456 e. The molecule has 0 radical (unpaired) electrons. The van der Waals surface area contributed by atoms with Gasteiger partial charge in [-0.1, -0.05) is 6.07 Å². The van der Waals surface area contributed by atoms with Gasteiger partial charge in [0, 0.05) is 17.3 Å². The van der Waals surface area contributed by atoms with E-state index < -0.39 is 47.1 Å². The average molecular weight is 551 g/mol. The Morgan fingerprint density at radius 3 is 2.27 bits per heavy atom. The van der Waals surface area contributed by atoms with Crippen LogP contribution in [0.1, 0.15) is 11.1 Å². The predicted octanol–water partition coefficient (Wildman–Crippen LogP) is 5.20. The molecule has 1 heterocycles. The molecule has 190 valence electrons. The SMILES string of the molecule is C[S@](=O)(=N/C=C(\C#N)S(=O)(=O)c1ccc(C(F)(F)F)cn1)c1ccc(Oc2cccc(F)c2C#N)cc1. The van der Waals surface area contributed by atoms with Crippen molar-refractivity contribution >= 4 is 19.6 Å². The number of alkyl halides is 3. The van der Waals surface area contributed by atoms with Crippen molar-refractivity contribution < 1.29 is 34.9 Å². The van der Waals surface area contributed by atoms with Gasteiger partial charge in [-0.05, 0) is 48.5 Å². The summed E-state index contributed by atoms with van der Waals surface area (Å²) in [6.45, 7) is 0. The second kappa shape index (κ2) is 10.4. The van der Waals surface area contributed by atoms with Gasteiger partial charge < -0.3 is 4.74 Å². The average Bonchev–Trinajstić information content (AvgIpc) is 2.84. The molecule has 1 atom stereocenters. The zero-order valence-electron chi connectivity index (χ0n) is 18.6. The minimum atomic E-state index is -4.73. The summed E-state index contributed by atoms with van der Waals surface area (Å²) in [4.78, 5) is 2.41. The highest BCUT2D eigenvalue weighted by molar-refractivity contribution is 7.95. The number of hydrogen-bond donors (Lipinski definition) is 0. The fourth-order valence-corrected chi connectivity index (χ4v) is 4.88. The first-order valence-corrected chi connectivity index (χ1v) is 13.3. The monoisotopic (exact) mass is 550 g/mol.